The van der Waals surface area contributed by atoms with Crippen LogP contribution in [0.2, 0.25) is 0 Å². The fraction of sp³-hybridized carbons (Fsp3) is 0.462. The molecule has 8 heteroatoms. The number of amides is 1. The number of carbonyl (C=O) groups is 1. The number of rotatable bonds is 2. The molecule has 1 aromatic heterocycles. The molecule has 0 aromatic carbocycles. The Morgan fingerprint density at radius 3 is 2.86 bits per heavy atom. The summed E-state index contributed by atoms with van der Waals surface area (Å²) >= 11 is 0. The highest BCUT2D eigenvalue weighted by Gasteiger charge is 2.44. The summed E-state index contributed by atoms with van der Waals surface area (Å²) in [5.74, 6) is -0.101. The number of carbonyl (C=O) groups excluding carboxylic acids is 1. The van der Waals surface area contributed by atoms with Crippen LogP contribution in [0, 0.1) is 0 Å². The van der Waals surface area contributed by atoms with E-state index in [-0.39, 0.29) is 31.0 Å². The van der Waals surface area contributed by atoms with Crippen LogP contribution in [-0.2, 0) is 14.3 Å². The first kappa shape index (κ1) is 15.7. The van der Waals surface area contributed by atoms with Gasteiger partial charge >= 0.3 is 0 Å². The van der Waals surface area contributed by atoms with Crippen LogP contribution in [0.3, 0.4) is 0 Å². The van der Waals surface area contributed by atoms with E-state index in [1.807, 2.05) is 13.0 Å². The van der Waals surface area contributed by atoms with E-state index in [2.05, 4.69) is 15.4 Å². The highest BCUT2D eigenvalue weighted by Crippen LogP contribution is 2.35. The second kappa shape index (κ2) is 5.97. The lowest BCUT2D eigenvalue weighted by molar-refractivity contribution is -0.194. The summed E-state index contributed by atoms with van der Waals surface area (Å²) in [6.07, 6.45) is 7.16. The third-order valence-corrected chi connectivity index (χ3v) is 3.51. The molecule has 3 heterocycles. The zero-order valence-electron chi connectivity index (χ0n) is 11.8. The van der Waals surface area contributed by atoms with Crippen LogP contribution in [0.1, 0.15) is 19.8 Å². The van der Waals surface area contributed by atoms with Gasteiger partial charge < -0.3 is 9.47 Å². The van der Waals surface area contributed by atoms with Crippen molar-refractivity contribution in [2.75, 3.05) is 12.1 Å². The molecule has 2 aliphatic heterocycles. The molecule has 1 N–H and O–H groups in total. The van der Waals surface area contributed by atoms with Gasteiger partial charge in [0.15, 0.2) is 6.29 Å². The fourth-order valence-electron chi connectivity index (χ4n) is 2.44. The molecule has 114 valence electrons. The van der Waals surface area contributed by atoms with Crippen LogP contribution < -0.4 is 10.4 Å². The summed E-state index contributed by atoms with van der Waals surface area (Å²) in [7, 11) is 1.60. The quantitative estimate of drug-likeness (QED) is 0.883. The van der Waals surface area contributed by atoms with Crippen LogP contribution in [0.4, 0.5) is 5.69 Å². The first-order chi connectivity index (χ1) is 9.62. The second-order valence-electron chi connectivity index (χ2n) is 4.98. The minimum absolute atomic E-state index is 0. The van der Waals surface area contributed by atoms with Gasteiger partial charge in [0.2, 0.25) is 5.91 Å². The number of hydrogen-bond donors (Lipinski definition) is 1. The van der Waals surface area contributed by atoms with Gasteiger partial charge in [0, 0.05) is 13.5 Å². The summed E-state index contributed by atoms with van der Waals surface area (Å²) in [5.41, 5.74) is 3.87. The topological polar surface area (TPSA) is 76.6 Å². The van der Waals surface area contributed by atoms with E-state index in [1.165, 1.54) is 11.3 Å². The average molecular weight is 313 g/mol. The van der Waals surface area contributed by atoms with Crippen molar-refractivity contribution in [3.8, 4) is 0 Å². The molecule has 3 rings (SSSR count). The summed E-state index contributed by atoms with van der Waals surface area (Å²) in [4.78, 5) is 20.2. The Bertz CT molecular complexity index is 554. The number of methoxy groups -OCH3 is 1. The zero-order valence-corrected chi connectivity index (χ0v) is 12.6. The Morgan fingerprint density at radius 2 is 2.19 bits per heavy atom. The van der Waals surface area contributed by atoms with Crippen molar-refractivity contribution in [2.24, 2.45) is 0 Å². The number of aromatic nitrogens is 2. The third kappa shape index (κ3) is 2.85. The van der Waals surface area contributed by atoms with Gasteiger partial charge in [0.25, 0.3) is 0 Å². The Labute approximate surface area is 128 Å². The Balaban J connectivity index is 0.00000161. The number of hydrazine groups is 1. The van der Waals surface area contributed by atoms with E-state index in [4.69, 9.17) is 9.47 Å². The molecule has 0 aliphatic carbocycles. The molecule has 7 nitrogen and oxygen atoms in total. The van der Waals surface area contributed by atoms with E-state index in [0.717, 1.165) is 5.70 Å². The van der Waals surface area contributed by atoms with E-state index >= 15 is 0 Å². The molecule has 0 bridgehead atoms. The molecule has 1 saturated heterocycles. The Hall–Kier alpha value is -1.70. The molecule has 1 aromatic rings. The highest BCUT2D eigenvalue weighted by molar-refractivity contribution is 5.94. The van der Waals surface area contributed by atoms with Crippen LogP contribution in [0.15, 0.2) is 30.5 Å². The van der Waals surface area contributed by atoms with E-state index in [1.54, 1.807) is 19.5 Å². The third-order valence-electron chi connectivity index (χ3n) is 3.51. The van der Waals surface area contributed by atoms with Crippen molar-refractivity contribution in [1.29, 1.82) is 0 Å². The van der Waals surface area contributed by atoms with Crippen LogP contribution in [0.5, 0.6) is 0 Å². The molecule has 1 fully saturated rings. The fourth-order valence-corrected chi connectivity index (χ4v) is 2.44. The number of nitrogens with zero attached hydrogens (tertiary/aromatic N) is 3. The van der Waals surface area contributed by atoms with Gasteiger partial charge in [0.05, 0.1) is 24.5 Å². The van der Waals surface area contributed by atoms with Gasteiger partial charge in [-0.25, -0.2) is 15.0 Å². The lowest BCUT2D eigenvalue weighted by Gasteiger charge is -2.45. The molecule has 0 radical (unpaired) electrons. The van der Waals surface area contributed by atoms with Crippen molar-refractivity contribution in [3.63, 3.8) is 0 Å². The smallest absolute Gasteiger partial charge is 0.249 e. The molecule has 0 saturated carbocycles. The van der Waals surface area contributed by atoms with Crippen molar-refractivity contribution in [1.82, 2.24) is 15.4 Å². The summed E-state index contributed by atoms with van der Waals surface area (Å²) in [6.45, 7) is 1.88. The van der Waals surface area contributed by atoms with Crippen molar-refractivity contribution in [3.05, 3.63) is 30.5 Å². The number of fused-ring (bicyclic) bond motifs is 1. The number of ether oxygens (including phenoxy) is 2. The van der Waals surface area contributed by atoms with Gasteiger partial charge in [-0.1, -0.05) is 6.08 Å². The van der Waals surface area contributed by atoms with Crippen LogP contribution in [-0.4, -0.2) is 34.9 Å². The molecule has 0 unspecified atom stereocenters. The number of halogens is 1. The minimum Gasteiger partial charge on any atom is -0.356 e. The Kier molecular flexibility index (Phi) is 4.46. The minimum atomic E-state index is -0.678. The molecular formula is C13H17ClN4O3. The van der Waals surface area contributed by atoms with E-state index in [0.29, 0.717) is 12.1 Å². The molecule has 21 heavy (non-hydrogen) atoms. The van der Waals surface area contributed by atoms with Crippen molar-refractivity contribution < 1.29 is 14.3 Å². The average Bonchev–Trinajstić information content (AvgIpc) is 2.46. The van der Waals surface area contributed by atoms with Crippen molar-refractivity contribution >= 4 is 24.0 Å². The number of nitrogens with one attached hydrogen (secondary N) is 1. The van der Waals surface area contributed by atoms with E-state index < -0.39 is 5.60 Å². The maximum atomic E-state index is 12.3. The lowest BCUT2D eigenvalue weighted by atomic mass is 9.92. The molecule has 0 spiro atoms. The van der Waals surface area contributed by atoms with Crippen LogP contribution >= 0.6 is 12.4 Å². The normalized spacial score (nSPS) is 28.1. The van der Waals surface area contributed by atoms with E-state index in [9.17, 15) is 4.79 Å². The molecule has 2 atom stereocenters. The van der Waals surface area contributed by atoms with Gasteiger partial charge in [-0.2, -0.15) is 0 Å². The predicted molar refractivity (Wildman–Crippen MR) is 77.5 cm³/mol. The number of hydrogen-bond acceptors (Lipinski definition) is 6. The first-order valence-corrected chi connectivity index (χ1v) is 6.38. The predicted octanol–water partition coefficient (Wildman–Crippen LogP) is 1.18. The summed E-state index contributed by atoms with van der Waals surface area (Å²) in [5, 5.41) is 1.45. The van der Waals surface area contributed by atoms with Crippen molar-refractivity contribution in [2.45, 2.75) is 31.7 Å². The maximum Gasteiger partial charge on any atom is 0.249 e. The largest absolute Gasteiger partial charge is 0.356 e. The maximum absolute atomic E-state index is 12.3. The standard InChI is InChI=1S/C13H16N4O3.ClH/c1-13-5-11(18)17(9-6-14-8-15-7-9)16-10(13)3-4-12(19-2)20-13;/h3,6-8,12,16H,4-5H2,1-2H3;1H/t12-,13-;/m0./s1. The van der Waals surface area contributed by atoms with Gasteiger partial charge in [-0.15, -0.1) is 12.4 Å². The molecule has 1 amide bonds. The van der Waals surface area contributed by atoms with Crippen LogP contribution in [0.25, 0.3) is 0 Å². The SMILES string of the molecule is CO[C@@H]1CC=C2NN(c3cncnc3)C(=O)C[C@]2(C)O1.Cl. The monoisotopic (exact) mass is 312 g/mol. The highest BCUT2D eigenvalue weighted by atomic mass is 35.5. The summed E-state index contributed by atoms with van der Waals surface area (Å²) in [6, 6.07) is 0. The Morgan fingerprint density at radius 1 is 1.48 bits per heavy atom. The molecule has 2 aliphatic rings. The number of anilines is 1. The van der Waals surface area contributed by atoms with Gasteiger partial charge in [-0.05, 0) is 6.92 Å². The molecular weight excluding hydrogens is 296 g/mol. The lowest BCUT2D eigenvalue weighted by Crippen LogP contribution is -2.59. The second-order valence-corrected chi connectivity index (χ2v) is 4.98. The summed E-state index contributed by atoms with van der Waals surface area (Å²) < 4.78 is 11.1. The first-order valence-electron chi connectivity index (χ1n) is 6.38. The van der Waals surface area contributed by atoms with Gasteiger partial charge in [0.1, 0.15) is 17.6 Å². The van der Waals surface area contributed by atoms with Gasteiger partial charge in [-0.3, -0.25) is 10.2 Å². The zero-order chi connectivity index (χ0) is 14.2.